The first-order chi connectivity index (χ1) is 13.3. The predicted octanol–water partition coefficient (Wildman–Crippen LogP) is 2.88. The Morgan fingerprint density at radius 1 is 0.852 bits per heavy atom. The average Bonchev–Trinajstić information content (AvgIpc) is 2.74. The lowest BCUT2D eigenvalue weighted by Crippen LogP contribution is -2.40. The van der Waals surface area contributed by atoms with Crippen LogP contribution in [0.2, 0.25) is 0 Å². The van der Waals surface area contributed by atoms with Crippen molar-refractivity contribution in [2.75, 3.05) is 62.4 Å². The molecule has 2 aliphatic rings. The molecule has 1 aromatic heterocycles. The Bertz CT molecular complexity index is 787. The fourth-order valence-electron chi connectivity index (χ4n) is 3.27. The number of aromatic nitrogens is 1. The number of pyridine rings is 1. The molecule has 8 heteroatoms. The van der Waals surface area contributed by atoms with E-state index < -0.39 is 0 Å². The molecule has 142 valence electrons. The van der Waals surface area contributed by atoms with Crippen molar-refractivity contribution in [2.24, 2.45) is 10.2 Å². The zero-order valence-electron chi connectivity index (χ0n) is 15.1. The largest absolute Gasteiger partial charge is 0.506 e. The maximum atomic E-state index is 10.5. The van der Waals surface area contributed by atoms with E-state index in [0.29, 0.717) is 37.9 Å². The van der Waals surface area contributed by atoms with Gasteiger partial charge in [-0.25, -0.2) is 4.98 Å². The summed E-state index contributed by atoms with van der Waals surface area (Å²) in [5.41, 5.74) is 2.46. The third kappa shape index (κ3) is 4.17. The standard InChI is InChI=1S/C19H23N5O3/c25-18-14-17(24-7-11-27-12-8-24)16(23-5-9-26-10-6-23)13-15(18)21-22-19-3-1-2-4-20-19/h1-4,13-14,25H,5-12H2. The van der Waals surface area contributed by atoms with Crippen molar-refractivity contribution in [1.29, 1.82) is 0 Å². The van der Waals surface area contributed by atoms with Gasteiger partial charge in [-0.3, -0.25) is 0 Å². The second-order valence-corrected chi connectivity index (χ2v) is 6.42. The fraction of sp³-hybridized carbons (Fsp3) is 0.421. The Hall–Kier alpha value is -2.71. The summed E-state index contributed by atoms with van der Waals surface area (Å²) in [6.07, 6.45) is 1.66. The Labute approximate surface area is 158 Å². The van der Waals surface area contributed by atoms with Crippen LogP contribution in [0.25, 0.3) is 0 Å². The van der Waals surface area contributed by atoms with Crippen LogP contribution in [0.4, 0.5) is 22.9 Å². The maximum absolute atomic E-state index is 10.5. The van der Waals surface area contributed by atoms with Crippen molar-refractivity contribution in [3.63, 3.8) is 0 Å². The average molecular weight is 369 g/mol. The normalized spacial score (nSPS) is 18.2. The lowest BCUT2D eigenvalue weighted by Gasteiger charge is -2.36. The molecule has 1 aromatic carbocycles. The van der Waals surface area contributed by atoms with Crippen LogP contribution in [0.3, 0.4) is 0 Å². The number of phenolic OH excluding ortho intramolecular Hbond substituents is 1. The molecule has 2 aromatic rings. The first kappa shape index (κ1) is 17.7. The minimum Gasteiger partial charge on any atom is -0.506 e. The molecule has 0 radical (unpaired) electrons. The highest BCUT2D eigenvalue weighted by Crippen LogP contribution is 2.41. The van der Waals surface area contributed by atoms with Gasteiger partial charge in [0.15, 0.2) is 5.82 Å². The van der Waals surface area contributed by atoms with Gasteiger partial charge >= 0.3 is 0 Å². The Kier molecular flexibility index (Phi) is 5.45. The number of hydrogen-bond donors (Lipinski definition) is 1. The molecule has 1 N–H and O–H groups in total. The quantitative estimate of drug-likeness (QED) is 0.835. The number of azo groups is 1. The molecule has 0 saturated carbocycles. The monoisotopic (exact) mass is 369 g/mol. The number of aromatic hydroxyl groups is 1. The number of hydrogen-bond acceptors (Lipinski definition) is 8. The molecule has 4 rings (SSSR count). The number of anilines is 2. The zero-order chi connectivity index (χ0) is 18.5. The van der Waals surface area contributed by atoms with Crippen molar-refractivity contribution >= 4 is 22.9 Å². The fourth-order valence-corrected chi connectivity index (χ4v) is 3.27. The van der Waals surface area contributed by atoms with Crippen LogP contribution in [0.15, 0.2) is 46.8 Å². The van der Waals surface area contributed by atoms with Crippen LogP contribution >= 0.6 is 0 Å². The predicted molar refractivity (Wildman–Crippen MR) is 103 cm³/mol. The van der Waals surface area contributed by atoms with E-state index in [1.807, 2.05) is 18.2 Å². The van der Waals surface area contributed by atoms with Crippen LogP contribution < -0.4 is 9.80 Å². The summed E-state index contributed by atoms with van der Waals surface area (Å²) in [6.45, 7) is 5.95. The third-order valence-electron chi connectivity index (χ3n) is 4.68. The molecule has 0 amide bonds. The summed E-state index contributed by atoms with van der Waals surface area (Å²) < 4.78 is 11.0. The summed E-state index contributed by atoms with van der Waals surface area (Å²) in [6, 6.07) is 9.12. The first-order valence-electron chi connectivity index (χ1n) is 9.16. The first-order valence-corrected chi connectivity index (χ1v) is 9.16. The third-order valence-corrected chi connectivity index (χ3v) is 4.68. The van der Waals surface area contributed by atoms with Crippen molar-refractivity contribution < 1.29 is 14.6 Å². The highest BCUT2D eigenvalue weighted by molar-refractivity contribution is 5.79. The van der Waals surface area contributed by atoms with E-state index in [9.17, 15) is 5.11 Å². The zero-order valence-corrected chi connectivity index (χ0v) is 15.1. The van der Waals surface area contributed by atoms with Gasteiger partial charge in [0.2, 0.25) is 0 Å². The maximum Gasteiger partial charge on any atom is 0.174 e. The number of ether oxygens (including phenoxy) is 2. The summed E-state index contributed by atoms with van der Waals surface area (Å²) in [5.74, 6) is 0.607. The Balaban J connectivity index is 1.69. The van der Waals surface area contributed by atoms with Gasteiger partial charge in [0, 0.05) is 38.4 Å². The van der Waals surface area contributed by atoms with Crippen LogP contribution in [0.5, 0.6) is 5.75 Å². The Morgan fingerprint density at radius 2 is 1.48 bits per heavy atom. The van der Waals surface area contributed by atoms with Crippen LogP contribution in [-0.2, 0) is 9.47 Å². The summed E-state index contributed by atoms with van der Waals surface area (Å²) in [4.78, 5) is 8.65. The van der Waals surface area contributed by atoms with Crippen molar-refractivity contribution in [2.45, 2.75) is 0 Å². The van der Waals surface area contributed by atoms with E-state index in [-0.39, 0.29) is 5.75 Å². The minimum absolute atomic E-state index is 0.105. The molecule has 2 fully saturated rings. The number of morpholine rings is 2. The van der Waals surface area contributed by atoms with Gasteiger partial charge in [-0.15, -0.1) is 10.2 Å². The number of benzene rings is 1. The molecule has 0 aliphatic carbocycles. The van der Waals surface area contributed by atoms with E-state index >= 15 is 0 Å². The second kappa shape index (κ2) is 8.32. The highest BCUT2D eigenvalue weighted by Gasteiger charge is 2.22. The van der Waals surface area contributed by atoms with Crippen molar-refractivity contribution in [3.05, 3.63) is 36.5 Å². The van der Waals surface area contributed by atoms with E-state index in [1.165, 1.54) is 0 Å². The minimum atomic E-state index is 0.105. The van der Waals surface area contributed by atoms with Gasteiger partial charge in [0.1, 0.15) is 11.4 Å². The topological polar surface area (TPSA) is 82.8 Å². The summed E-state index contributed by atoms with van der Waals surface area (Å²) >= 11 is 0. The van der Waals surface area contributed by atoms with Gasteiger partial charge in [-0.2, -0.15) is 0 Å². The molecular formula is C19H23N5O3. The molecule has 8 nitrogen and oxygen atoms in total. The van der Waals surface area contributed by atoms with Crippen LogP contribution in [0.1, 0.15) is 0 Å². The molecular weight excluding hydrogens is 346 g/mol. The van der Waals surface area contributed by atoms with Gasteiger partial charge < -0.3 is 24.4 Å². The Morgan fingerprint density at radius 3 is 2.07 bits per heavy atom. The number of rotatable bonds is 4. The van der Waals surface area contributed by atoms with Gasteiger partial charge in [0.25, 0.3) is 0 Å². The molecule has 0 spiro atoms. The van der Waals surface area contributed by atoms with Gasteiger partial charge in [-0.05, 0) is 18.2 Å². The molecule has 3 heterocycles. The summed E-state index contributed by atoms with van der Waals surface area (Å²) in [7, 11) is 0. The second-order valence-electron chi connectivity index (χ2n) is 6.42. The van der Waals surface area contributed by atoms with Crippen LogP contribution in [-0.4, -0.2) is 62.7 Å². The van der Waals surface area contributed by atoms with E-state index in [1.54, 1.807) is 18.3 Å². The van der Waals surface area contributed by atoms with E-state index in [4.69, 9.17) is 9.47 Å². The van der Waals surface area contributed by atoms with Crippen molar-refractivity contribution in [1.82, 2.24) is 4.98 Å². The SMILES string of the molecule is Oc1cc(N2CCOCC2)c(N2CCOCC2)cc1N=Nc1ccccn1. The van der Waals surface area contributed by atoms with E-state index in [2.05, 4.69) is 25.0 Å². The smallest absolute Gasteiger partial charge is 0.174 e. The number of nitrogens with zero attached hydrogens (tertiary/aromatic N) is 5. The molecule has 0 unspecified atom stereocenters. The van der Waals surface area contributed by atoms with E-state index in [0.717, 1.165) is 37.6 Å². The van der Waals surface area contributed by atoms with Gasteiger partial charge in [-0.1, -0.05) is 6.07 Å². The van der Waals surface area contributed by atoms with Crippen LogP contribution in [0, 0.1) is 0 Å². The molecule has 2 aliphatic heterocycles. The lowest BCUT2D eigenvalue weighted by atomic mass is 10.1. The number of phenols is 1. The molecule has 0 atom stereocenters. The molecule has 2 saturated heterocycles. The van der Waals surface area contributed by atoms with Crippen molar-refractivity contribution in [3.8, 4) is 5.75 Å². The highest BCUT2D eigenvalue weighted by atomic mass is 16.5. The lowest BCUT2D eigenvalue weighted by molar-refractivity contribution is 0.121. The molecule has 27 heavy (non-hydrogen) atoms. The molecule has 0 bridgehead atoms. The van der Waals surface area contributed by atoms with Gasteiger partial charge in [0.05, 0.1) is 37.8 Å². The summed E-state index contributed by atoms with van der Waals surface area (Å²) in [5, 5.41) is 18.9.